The van der Waals surface area contributed by atoms with E-state index in [9.17, 15) is 0 Å². The van der Waals surface area contributed by atoms with E-state index >= 15 is 0 Å². The van der Waals surface area contributed by atoms with Crippen LogP contribution in [0.15, 0.2) is 41.4 Å². The van der Waals surface area contributed by atoms with Crippen LogP contribution in [-0.2, 0) is 6.42 Å². The zero-order valence-electron chi connectivity index (χ0n) is 10.5. The first-order valence-electron chi connectivity index (χ1n) is 6.07. The van der Waals surface area contributed by atoms with Crippen molar-refractivity contribution in [2.45, 2.75) is 20.3 Å². The maximum atomic E-state index is 6.32. The third kappa shape index (κ3) is 1.95. The Morgan fingerprint density at radius 2 is 1.61 bits per heavy atom. The number of halogens is 1. The van der Waals surface area contributed by atoms with Crippen molar-refractivity contribution in [3.63, 3.8) is 0 Å². The van der Waals surface area contributed by atoms with Crippen LogP contribution in [0.2, 0.25) is 0 Å². The van der Waals surface area contributed by atoms with Gasteiger partial charge in [0, 0.05) is 12.0 Å². The molecule has 0 saturated heterocycles. The average molecular weight is 256 g/mol. The van der Waals surface area contributed by atoms with E-state index in [1.54, 1.807) is 0 Å². The first-order chi connectivity index (χ1) is 8.63. The molecule has 0 saturated carbocycles. The highest BCUT2D eigenvalue weighted by Crippen LogP contribution is 2.30. The van der Waals surface area contributed by atoms with Crippen molar-refractivity contribution in [3.8, 4) is 0 Å². The van der Waals surface area contributed by atoms with Gasteiger partial charge in [0.25, 0.3) is 0 Å². The molecule has 1 aliphatic heterocycles. The Kier molecular flexibility index (Phi) is 2.71. The van der Waals surface area contributed by atoms with Crippen molar-refractivity contribution < 1.29 is 0 Å². The monoisotopic (exact) mass is 255 g/mol. The van der Waals surface area contributed by atoms with E-state index in [-0.39, 0.29) is 0 Å². The molecular formula is C16H14ClN. The SMILES string of the molecule is Cc1ccc2c(c1)Cc1cc(C)ccc1C(Cl)=N2. The Labute approximate surface area is 112 Å². The van der Waals surface area contributed by atoms with Gasteiger partial charge in [-0.3, -0.25) is 0 Å². The van der Waals surface area contributed by atoms with Gasteiger partial charge in [0.1, 0.15) is 5.17 Å². The molecule has 1 nitrogen and oxygen atoms in total. The summed E-state index contributed by atoms with van der Waals surface area (Å²) in [5.74, 6) is 0. The quantitative estimate of drug-likeness (QED) is 0.656. The minimum atomic E-state index is 0.590. The molecule has 0 aromatic heterocycles. The van der Waals surface area contributed by atoms with Crippen LogP contribution in [0.3, 0.4) is 0 Å². The second-order valence-corrected chi connectivity index (χ2v) is 5.23. The van der Waals surface area contributed by atoms with E-state index < -0.39 is 0 Å². The van der Waals surface area contributed by atoms with Crippen LogP contribution in [0.25, 0.3) is 0 Å². The minimum Gasteiger partial charge on any atom is -0.236 e. The maximum Gasteiger partial charge on any atom is 0.137 e. The van der Waals surface area contributed by atoms with E-state index in [0.29, 0.717) is 5.17 Å². The molecule has 2 aromatic rings. The van der Waals surface area contributed by atoms with Gasteiger partial charge in [0.05, 0.1) is 5.69 Å². The molecule has 3 rings (SSSR count). The standard InChI is InChI=1S/C16H14ClN/c1-10-3-5-14-12(7-10)9-13-8-11(2)4-6-15(13)18-16(14)17/h3-8H,9H2,1-2H3. The minimum absolute atomic E-state index is 0.590. The largest absolute Gasteiger partial charge is 0.236 e. The van der Waals surface area contributed by atoms with Crippen LogP contribution in [0.1, 0.15) is 27.8 Å². The van der Waals surface area contributed by atoms with Crippen LogP contribution >= 0.6 is 11.6 Å². The predicted octanol–water partition coefficient (Wildman–Crippen LogP) is 4.52. The summed E-state index contributed by atoms with van der Waals surface area (Å²) in [5, 5.41) is 0.590. The summed E-state index contributed by atoms with van der Waals surface area (Å²) >= 11 is 6.32. The van der Waals surface area contributed by atoms with Crippen molar-refractivity contribution in [1.29, 1.82) is 0 Å². The zero-order chi connectivity index (χ0) is 12.7. The Balaban J connectivity index is 2.23. The molecule has 2 aromatic carbocycles. The maximum absolute atomic E-state index is 6.32. The van der Waals surface area contributed by atoms with Gasteiger partial charge in [0.15, 0.2) is 0 Å². The van der Waals surface area contributed by atoms with E-state index in [1.807, 2.05) is 6.07 Å². The molecule has 0 aliphatic carbocycles. The fourth-order valence-electron chi connectivity index (χ4n) is 2.41. The van der Waals surface area contributed by atoms with Gasteiger partial charge < -0.3 is 0 Å². The Bertz CT molecular complexity index is 656. The topological polar surface area (TPSA) is 12.4 Å². The lowest BCUT2D eigenvalue weighted by atomic mass is 9.97. The molecule has 0 radical (unpaired) electrons. The molecule has 0 bridgehead atoms. The van der Waals surface area contributed by atoms with E-state index in [0.717, 1.165) is 17.7 Å². The van der Waals surface area contributed by atoms with Crippen molar-refractivity contribution in [2.24, 2.45) is 4.99 Å². The molecule has 0 fully saturated rings. The summed E-state index contributed by atoms with van der Waals surface area (Å²) in [6, 6.07) is 12.7. The number of hydrogen-bond acceptors (Lipinski definition) is 1. The summed E-state index contributed by atoms with van der Waals surface area (Å²) < 4.78 is 0. The third-order valence-corrected chi connectivity index (χ3v) is 3.61. The molecule has 1 heterocycles. The predicted molar refractivity (Wildman–Crippen MR) is 77.2 cm³/mol. The number of fused-ring (bicyclic) bond motifs is 2. The molecule has 18 heavy (non-hydrogen) atoms. The van der Waals surface area contributed by atoms with Crippen molar-refractivity contribution in [2.75, 3.05) is 0 Å². The highest BCUT2D eigenvalue weighted by Gasteiger charge is 2.15. The molecule has 0 atom stereocenters. The number of benzene rings is 2. The van der Waals surface area contributed by atoms with Gasteiger partial charge >= 0.3 is 0 Å². The average Bonchev–Trinajstić information content (AvgIpc) is 2.44. The van der Waals surface area contributed by atoms with Crippen LogP contribution in [-0.4, -0.2) is 5.17 Å². The number of aryl methyl sites for hydroxylation is 2. The summed E-state index contributed by atoms with van der Waals surface area (Å²) in [6.07, 6.45) is 0.897. The first kappa shape index (κ1) is 11.5. The van der Waals surface area contributed by atoms with Crippen LogP contribution in [0.5, 0.6) is 0 Å². The molecule has 0 spiro atoms. The van der Waals surface area contributed by atoms with E-state index in [1.165, 1.54) is 22.3 Å². The summed E-state index contributed by atoms with van der Waals surface area (Å²) in [5.41, 5.74) is 7.06. The van der Waals surface area contributed by atoms with Gasteiger partial charge in [0.2, 0.25) is 0 Å². The van der Waals surface area contributed by atoms with E-state index in [4.69, 9.17) is 11.6 Å². The van der Waals surface area contributed by atoms with Gasteiger partial charge in [-0.05, 0) is 31.0 Å². The molecule has 0 N–H and O–H groups in total. The molecule has 2 heteroatoms. The molecular weight excluding hydrogens is 242 g/mol. The van der Waals surface area contributed by atoms with Crippen LogP contribution in [0, 0.1) is 13.8 Å². The van der Waals surface area contributed by atoms with Crippen molar-refractivity contribution in [1.82, 2.24) is 0 Å². The molecule has 0 unspecified atom stereocenters. The van der Waals surface area contributed by atoms with Gasteiger partial charge in [-0.15, -0.1) is 0 Å². The van der Waals surface area contributed by atoms with Gasteiger partial charge in [-0.1, -0.05) is 53.1 Å². The second kappa shape index (κ2) is 4.25. The summed E-state index contributed by atoms with van der Waals surface area (Å²) in [7, 11) is 0. The van der Waals surface area contributed by atoms with E-state index in [2.05, 4.69) is 49.2 Å². The Morgan fingerprint density at radius 3 is 2.39 bits per heavy atom. The molecule has 90 valence electrons. The normalized spacial score (nSPS) is 13.4. The van der Waals surface area contributed by atoms with Crippen LogP contribution < -0.4 is 0 Å². The summed E-state index contributed by atoms with van der Waals surface area (Å²) in [4.78, 5) is 4.53. The lowest BCUT2D eigenvalue weighted by molar-refractivity contribution is 1.17. The zero-order valence-corrected chi connectivity index (χ0v) is 11.3. The second-order valence-electron chi connectivity index (χ2n) is 4.87. The lowest BCUT2D eigenvalue weighted by Crippen LogP contribution is -1.97. The van der Waals surface area contributed by atoms with Crippen molar-refractivity contribution >= 4 is 22.5 Å². The first-order valence-corrected chi connectivity index (χ1v) is 6.45. The highest BCUT2D eigenvalue weighted by molar-refractivity contribution is 6.70. The smallest absolute Gasteiger partial charge is 0.137 e. The molecule has 0 amide bonds. The fourth-order valence-corrected chi connectivity index (χ4v) is 2.68. The number of aliphatic imine (C=N–C) groups is 1. The van der Waals surface area contributed by atoms with Gasteiger partial charge in [-0.2, -0.15) is 0 Å². The number of rotatable bonds is 0. The lowest BCUT2D eigenvalue weighted by Gasteiger charge is -2.07. The van der Waals surface area contributed by atoms with Gasteiger partial charge in [-0.25, -0.2) is 4.99 Å². The molecule has 1 aliphatic rings. The number of nitrogens with zero attached hydrogens (tertiary/aromatic N) is 1. The summed E-state index contributed by atoms with van der Waals surface area (Å²) in [6.45, 7) is 4.21. The fraction of sp³-hybridized carbons (Fsp3) is 0.188. The third-order valence-electron chi connectivity index (χ3n) is 3.32. The van der Waals surface area contributed by atoms with Crippen LogP contribution in [0.4, 0.5) is 5.69 Å². The Morgan fingerprint density at radius 1 is 0.944 bits per heavy atom. The number of hydrogen-bond donors (Lipinski definition) is 0. The highest BCUT2D eigenvalue weighted by atomic mass is 35.5. The van der Waals surface area contributed by atoms with Crippen molar-refractivity contribution in [3.05, 3.63) is 64.2 Å². The Hall–Kier alpha value is -1.60.